The molecule has 2 saturated heterocycles. The summed E-state index contributed by atoms with van der Waals surface area (Å²) in [6, 6.07) is -0.200. The van der Waals surface area contributed by atoms with Crippen LogP contribution in [0.3, 0.4) is 0 Å². The Morgan fingerprint density at radius 1 is 1.40 bits per heavy atom. The molecule has 15 heavy (non-hydrogen) atoms. The van der Waals surface area contributed by atoms with E-state index in [4.69, 9.17) is 0 Å². The summed E-state index contributed by atoms with van der Waals surface area (Å²) in [5.41, 5.74) is 0. The average Bonchev–Trinajstić information content (AvgIpc) is 2.69. The maximum Gasteiger partial charge on any atom is 0.240 e. The molecule has 1 amide bonds. The van der Waals surface area contributed by atoms with Gasteiger partial charge < -0.3 is 10.2 Å². The van der Waals surface area contributed by atoms with E-state index in [-0.39, 0.29) is 29.5 Å². The molecule has 5 nitrogen and oxygen atoms in total. The minimum atomic E-state index is -2.89. The molecule has 2 fully saturated rings. The van der Waals surface area contributed by atoms with Crippen molar-refractivity contribution in [1.82, 2.24) is 10.2 Å². The van der Waals surface area contributed by atoms with Crippen LogP contribution in [-0.2, 0) is 14.6 Å². The molecule has 0 aromatic rings. The van der Waals surface area contributed by atoms with Crippen LogP contribution >= 0.6 is 0 Å². The highest BCUT2D eigenvalue weighted by Gasteiger charge is 2.39. The number of likely N-dealkylation sites (N-methyl/N-ethyl adjacent to an activating group) is 1. The van der Waals surface area contributed by atoms with Gasteiger partial charge in [0.25, 0.3) is 0 Å². The van der Waals surface area contributed by atoms with Crippen LogP contribution in [0.25, 0.3) is 0 Å². The Kier molecular flexibility index (Phi) is 2.72. The summed E-state index contributed by atoms with van der Waals surface area (Å²) in [5, 5.41) is 2.95. The number of carbonyl (C=O) groups is 1. The number of hydrogen-bond acceptors (Lipinski definition) is 4. The van der Waals surface area contributed by atoms with Crippen molar-refractivity contribution in [2.75, 3.05) is 25.1 Å². The lowest BCUT2D eigenvalue weighted by Crippen LogP contribution is -2.42. The van der Waals surface area contributed by atoms with E-state index < -0.39 is 9.84 Å². The van der Waals surface area contributed by atoms with E-state index in [1.54, 1.807) is 11.9 Å². The SMILES string of the molecule is CNC1CCN(C2CCS(=O)(=O)C2)C1=O. The Morgan fingerprint density at radius 2 is 2.13 bits per heavy atom. The van der Waals surface area contributed by atoms with Crippen molar-refractivity contribution in [3.63, 3.8) is 0 Å². The van der Waals surface area contributed by atoms with E-state index in [9.17, 15) is 13.2 Å². The minimum absolute atomic E-state index is 0.0552. The first kappa shape index (κ1) is 10.9. The van der Waals surface area contributed by atoms with E-state index in [0.29, 0.717) is 13.0 Å². The third-order valence-electron chi connectivity index (χ3n) is 3.24. The number of nitrogens with zero attached hydrogens (tertiary/aromatic N) is 1. The zero-order valence-electron chi connectivity index (χ0n) is 8.77. The van der Waals surface area contributed by atoms with Gasteiger partial charge in [-0.05, 0) is 19.9 Å². The lowest BCUT2D eigenvalue weighted by atomic mass is 10.2. The number of amides is 1. The summed E-state index contributed by atoms with van der Waals surface area (Å²) in [5.74, 6) is 0.431. The quantitative estimate of drug-likeness (QED) is 0.663. The summed E-state index contributed by atoms with van der Waals surface area (Å²) in [7, 11) is -1.13. The second kappa shape index (κ2) is 3.75. The van der Waals surface area contributed by atoms with Crippen molar-refractivity contribution in [3.8, 4) is 0 Å². The van der Waals surface area contributed by atoms with Gasteiger partial charge in [-0.15, -0.1) is 0 Å². The summed E-state index contributed by atoms with van der Waals surface area (Å²) in [4.78, 5) is 13.5. The lowest BCUT2D eigenvalue weighted by molar-refractivity contribution is -0.130. The highest BCUT2D eigenvalue weighted by molar-refractivity contribution is 7.91. The molecule has 0 radical (unpaired) electrons. The van der Waals surface area contributed by atoms with Crippen LogP contribution in [0.1, 0.15) is 12.8 Å². The number of sulfone groups is 1. The fourth-order valence-corrected chi connectivity index (χ4v) is 4.08. The van der Waals surface area contributed by atoms with Gasteiger partial charge in [0, 0.05) is 12.6 Å². The van der Waals surface area contributed by atoms with Crippen LogP contribution in [0.15, 0.2) is 0 Å². The molecule has 2 unspecified atom stereocenters. The van der Waals surface area contributed by atoms with Gasteiger partial charge in [-0.3, -0.25) is 4.79 Å². The number of carbonyl (C=O) groups excluding carboxylic acids is 1. The molecule has 0 spiro atoms. The number of hydrogen-bond donors (Lipinski definition) is 1. The molecule has 2 aliphatic heterocycles. The zero-order chi connectivity index (χ0) is 11.1. The zero-order valence-corrected chi connectivity index (χ0v) is 9.59. The molecule has 1 N–H and O–H groups in total. The predicted octanol–water partition coefficient (Wildman–Crippen LogP) is -1.01. The van der Waals surface area contributed by atoms with Gasteiger partial charge >= 0.3 is 0 Å². The Morgan fingerprint density at radius 3 is 2.60 bits per heavy atom. The third kappa shape index (κ3) is 2.01. The Labute approximate surface area is 89.7 Å². The molecule has 6 heteroatoms. The van der Waals surface area contributed by atoms with Gasteiger partial charge in [0.15, 0.2) is 9.84 Å². The van der Waals surface area contributed by atoms with Crippen LogP contribution in [0.5, 0.6) is 0 Å². The van der Waals surface area contributed by atoms with Crippen molar-refractivity contribution in [1.29, 1.82) is 0 Å². The highest BCUT2D eigenvalue weighted by Crippen LogP contribution is 2.22. The van der Waals surface area contributed by atoms with Crippen molar-refractivity contribution in [3.05, 3.63) is 0 Å². The molecule has 0 aliphatic carbocycles. The molecule has 0 aromatic heterocycles. The molecular formula is C9H16N2O3S. The Hall–Kier alpha value is -0.620. The maximum atomic E-state index is 11.8. The first-order valence-electron chi connectivity index (χ1n) is 5.21. The van der Waals surface area contributed by atoms with Crippen molar-refractivity contribution in [2.45, 2.75) is 24.9 Å². The van der Waals surface area contributed by atoms with Crippen LogP contribution in [-0.4, -0.2) is 56.4 Å². The van der Waals surface area contributed by atoms with Crippen molar-refractivity contribution >= 4 is 15.7 Å². The molecule has 86 valence electrons. The summed E-state index contributed by atoms with van der Waals surface area (Å²) in [6.45, 7) is 0.685. The van der Waals surface area contributed by atoms with Gasteiger partial charge in [0.1, 0.15) is 0 Å². The summed E-state index contributed by atoms with van der Waals surface area (Å²) < 4.78 is 22.6. The third-order valence-corrected chi connectivity index (χ3v) is 4.99. The average molecular weight is 232 g/mol. The number of likely N-dealkylation sites (tertiary alicyclic amines) is 1. The first-order chi connectivity index (χ1) is 7.03. The van der Waals surface area contributed by atoms with Gasteiger partial charge in [-0.1, -0.05) is 0 Å². The van der Waals surface area contributed by atoms with E-state index in [2.05, 4.69) is 5.32 Å². The monoisotopic (exact) mass is 232 g/mol. The topological polar surface area (TPSA) is 66.5 Å². The summed E-state index contributed by atoms with van der Waals surface area (Å²) >= 11 is 0. The highest BCUT2D eigenvalue weighted by atomic mass is 32.2. The molecular weight excluding hydrogens is 216 g/mol. The van der Waals surface area contributed by atoms with Gasteiger partial charge in [0.05, 0.1) is 17.5 Å². The van der Waals surface area contributed by atoms with Crippen LogP contribution in [0.4, 0.5) is 0 Å². The van der Waals surface area contributed by atoms with E-state index in [1.165, 1.54) is 0 Å². The molecule has 2 aliphatic rings. The number of nitrogens with one attached hydrogen (secondary N) is 1. The standard InChI is InChI=1S/C9H16N2O3S/c1-10-8-2-4-11(9(8)12)7-3-5-15(13,14)6-7/h7-8,10H,2-6H2,1H3. The fraction of sp³-hybridized carbons (Fsp3) is 0.889. The first-order valence-corrected chi connectivity index (χ1v) is 7.04. The number of rotatable bonds is 2. The van der Waals surface area contributed by atoms with Crippen LogP contribution in [0, 0.1) is 0 Å². The Balaban J connectivity index is 2.05. The second-order valence-corrected chi connectivity index (χ2v) is 6.45. The fourth-order valence-electron chi connectivity index (χ4n) is 2.35. The van der Waals surface area contributed by atoms with Gasteiger partial charge in [-0.2, -0.15) is 0 Å². The van der Waals surface area contributed by atoms with E-state index in [0.717, 1.165) is 6.42 Å². The molecule has 0 aromatic carbocycles. The van der Waals surface area contributed by atoms with Crippen LogP contribution < -0.4 is 5.32 Å². The van der Waals surface area contributed by atoms with Crippen molar-refractivity contribution in [2.24, 2.45) is 0 Å². The minimum Gasteiger partial charge on any atom is -0.337 e. The van der Waals surface area contributed by atoms with Crippen LogP contribution in [0.2, 0.25) is 0 Å². The van der Waals surface area contributed by atoms with Gasteiger partial charge in [-0.25, -0.2) is 8.42 Å². The smallest absolute Gasteiger partial charge is 0.240 e. The normalized spacial score (nSPS) is 35.0. The van der Waals surface area contributed by atoms with E-state index in [1.807, 2.05) is 0 Å². The molecule has 2 atom stereocenters. The van der Waals surface area contributed by atoms with Gasteiger partial charge in [0.2, 0.25) is 5.91 Å². The van der Waals surface area contributed by atoms with E-state index >= 15 is 0 Å². The molecule has 0 saturated carbocycles. The van der Waals surface area contributed by atoms with Crippen molar-refractivity contribution < 1.29 is 13.2 Å². The Bertz CT molecular complexity index is 366. The largest absolute Gasteiger partial charge is 0.337 e. The molecule has 0 bridgehead atoms. The maximum absolute atomic E-state index is 11.8. The summed E-state index contributed by atoms with van der Waals surface area (Å²) in [6.07, 6.45) is 1.39. The lowest BCUT2D eigenvalue weighted by Gasteiger charge is -2.22. The molecule has 2 heterocycles. The second-order valence-electron chi connectivity index (χ2n) is 4.22. The molecule has 2 rings (SSSR count). The predicted molar refractivity (Wildman–Crippen MR) is 56.2 cm³/mol.